The Kier molecular flexibility index (Phi) is 4.98. The summed E-state index contributed by atoms with van der Waals surface area (Å²) in [4.78, 5) is 9.89. The fraction of sp³-hybridized carbons (Fsp3) is 0.333. The van der Waals surface area contributed by atoms with Crippen LogP contribution >= 0.6 is 11.8 Å². The van der Waals surface area contributed by atoms with Gasteiger partial charge in [-0.3, -0.25) is 0 Å². The molecule has 2 rings (SSSR count). The normalized spacial score (nSPS) is 10.8. The molecule has 0 atom stereocenters. The van der Waals surface area contributed by atoms with Crippen LogP contribution in [0.25, 0.3) is 0 Å². The Labute approximate surface area is 123 Å². The Morgan fingerprint density at radius 3 is 2.65 bits per heavy atom. The van der Waals surface area contributed by atoms with Gasteiger partial charge < -0.3 is 10.5 Å². The van der Waals surface area contributed by atoms with E-state index in [4.69, 9.17) is 10.5 Å². The third kappa shape index (κ3) is 3.29. The van der Waals surface area contributed by atoms with Crippen molar-refractivity contribution in [2.24, 2.45) is 5.73 Å². The number of nitrogens with two attached hydrogens (primary N) is 1. The van der Waals surface area contributed by atoms with E-state index in [9.17, 15) is 0 Å². The van der Waals surface area contributed by atoms with Crippen LogP contribution in [0.3, 0.4) is 0 Å². The average molecular weight is 289 g/mol. The van der Waals surface area contributed by atoms with E-state index in [2.05, 4.69) is 23.8 Å². The van der Waals surface area contributed by atoms with Crippen LogP contribution in [-0.4, -0.2) is 16.2 Å². The maximum absolute atomic E-state index is 5.93. The van der Waals surface area contributed by atoms with Gasteiger partial charge in [0, 0.05) is 17.4 Å². The van der Waals surface area contributed by atoms with E-state index in [-0.39, 0.29) is 5.92 Å². The van der Waals surface area contributed by atoms with Gasteiger partial charge in [-0.2, -0.15) is 0 Å². The molecule has 1 aromatic carbocycles. The molecule has 0 radical (unpaired) electrons. The molecular weight excluding hydrogens is 270 g/mol. The second kappa shape index (κ2) is 6.72. The van der Waals surface area contributed by atoms with Gasteiger partial charge in [0.2, 0.25) is 0 Å². The quantitative estimate of drug-likeness (QED) is 0.853. The molecule has 0 bridgehead atoms. The number of ether oxygens (including phenoxy) is 1. The Balaban J connectivity index is 2.33. The molecule has 0 saturated carbocycles. The molecule has 106 valence electrons. The van der Waals surface area contributed by atoms with Gasteiger partial charge in [-0.1, -0.05) is 26.0 Å². The van der Waals surface area contributed by atoms with Gasteiger partial charge in [-0.25, -0.2) is 9.97 Å². The van der Waals surface area contributed by atoms with Gasteiger partial charge in [0.1, 0.15) is 17.3 Å². The number of benzene rings is 1. The van der Waals surface area contributed by atoms with Crippen LogP contribution in [0.4, 0.5) is 0 Å². The molecule has 0 aliphatic carbocycles. The summed E-state index contributed by atoms with van der Waals surface area (Å²) >= 11 is 1.64. The number of thioether (sulfide) groups is 1. The van der Waals surface area contributed by atoms with Gasteiger partial charge in [0.05, 0.1) is 6.20 Å². The molecular formula is C15H19N3OS. The number of aromatic nitrogens is 2. The first-order valence-corrected chi connectivity index (χ1v) is 7.75. The van der Waals surface area contributed by atoms with E-state index < -0.39 is 0 Å². The first kappa shape index (κ1) is 14.8. The Bertz CT molecular complexity index is 587. The summed E-state index contributed by atoms with van der Waals surface area (Å²) in [6.45, 7) is 4.44. The lowest BCUT2D eigenvalue weighted by Crippen LogP contribution is -2.07. The highest BCUT2D eigenvalue weighted by atomic mass is 32.2. The first-order valence-electron chi connectivity index (χ1n) is 6.52. The highest BCUT2D eigenvalue weighted by molar-refractivity contribution is 7.98. The predicted octanol–water partition coefficient (Wildman–Crippen LogP) is 3.57. The van der Waals surface area contributed by atoms with Crippen molar-refractivity contribution in [3.05, 3.63) is 42.0 Å². The molecule has 0 spiro atoms. The Hall–Kier alpha value is -1.59. The maximum atomic E-state index is 5.93. The maximum Gasteiger partial charge on any atom is 0.168 e. The lowest BCUT2D eigenvalue weighted by Gasteiger charge is -2.13. The molecule has 1 aromatic heterocycles. The van der Waals surface area contributed by atoms with Crippen LogP contribution in [0.15, 0.2) is 35.4 Å². The fourth-order valence-electron chi connectivity index (χ4n) is 1.75. The van der Waals surface area contributed by atoms with Crippen molar-refractivity contribution in [1.82, 2.24) is 9.97 Å². The van der Waals surface area contributed by atoms with E-state index in [1.807, 2.05) is 30.5 Å². The third-order valence-corrected chi connectivity index (χ3v) is 3.62. The van der Waals surface area contributed by atoms with Crippen molar-refractivity contribution in [1.29, 1.82) is 0 Å². The minimum Gasteiger partial charge on any atom is -0.453 e. The third-order valence-electron chi connectivity index (χ3n) is 2.85. The van der Waals surface area contributed by atoms with Gasteiger partial charge in [0.25, 0.3) is 0 Å². The number of hydrogen-bond acceptors (Lipinski definition) is 5. The van der Waals surface area contributed by atoms with Gasteiger partial charge in [-0.05, 0) is 18.4 Å². The van der Waals surface area contributed by atoms with E-state index >= 15 is 0 Å². The molecule has 0 fully saturated rings. The molecule has 0 aliphatic rings. The first-order chi connectivity index (χ1) is 9.65. The highest BCUT2D eigenvalue weighted by Crippen LogP contribution is 2.32. The van der Waals surface area contributed by atoms with Crippen LogP contribution in [0.2, 0.25) is 0 Å². The SMILES string of the molecule is CSc1ccccc1Oc1cnc(C(C)C)nc1CN. The number of hydrogen-bond donors (Lipinski definition) is 1. The van der Waals surface area contributed by atoms with E-state index in [1.165, 1.54) is 0 Å². The van der Waals surface area contributed by atoms with Crippen molar-refractivity contribution in [3.8, 4) is 11.5 Å². The summed E-state index contributed by atoms with van der Waals surface area (Å²) in [5.74, 6) is 2.48. The average Bonchev–Trinajstić information content (AvgIpc) is 2.48. The largest absolute Gasteiger partial charge is 0.453 e. The van der Waals surface area contributed by atoms with Gasteiger partial charge >= 0.3 is 0 Å². The van der Waals surface area contributed by atoms with Crippen molar-refractivity contribution in [2.75, 3.05) is 6.26 Å². The Morgan fingerprint density at radius 1 is 1.25 bits per heavy atom. The van der Waals surface area contributed by atoms with Crippen molar-refractivity contribution >= 4 is 11.8 Å². The predicted molar refractivity (Wildman–Crippen MR) is 82.3 cm³/mol. The van der Waals surface area contributed by atoms with Crippen LogP contribution in [0.5, 0.6) is 11.5 Å². The van der Waals surface area contributed by atoms with Crippen LogP contribution in [0.1, 0.15) is 31.3 Å². The molecule has 20 heavy (non-hydrogen) atoms. The summed E-state index contributed by atoms with van der Waals surface area (Å²) in [6.07, 6.45) is 3.73. The number of rotatable bonds is 5. The molecule has 4 nitrogen and oxygen atoms in total. The van der Waals surface area contributed by atoms with E-state index in [0.29, 0.717) is 12.3 Å². The monoisotopic (exact) mass is 289 g/mol. The molecule has 2 aromatic rings. The zero-order valence-electron chi connectivity index (χ0n) is 12.0. The van der Waals surface area contributed by atoms with Crippen LogP contribution in [-0.2, 0) is 6.54 Å². The van der Waals surface area contributed by atoms with Crippen molar-refractivity contribution in [2.45, 2.75) is 31.2 Å². The number of para-hydroxylation sites is 1. The second-order valence-corrected chi connectivity index (χ2v) is 5.50. The smallest absolute Gasteiger partial charge is 0.168 e. The van der Waals surface area contributed by atoms with Crippen LogP contribution in [0, 0.1) is 0 Å². The lowest BCUT2D eigenvalue weighted by atomic mass is 10.2. The fourth-order valence-corrected chi connectivity index (χ4v) is 2.28. The van der Waals surface area contributed by atoms with Crippen molar-refractivity contribution in [3.63, 3.8) is 0 Å². The topological polar surface area (TPSA) is 61.0 Å². The molecule has 5 heteroatoms. The molecule has 0 amide bonds. The standard InChI is InChI=1S/C15H19N3OS/c1-10(2)15-17-9-13(11(8-16)18-15)19-12-6-4-5-7-14(12)20-3/h4-7,9-10H,8,16H2,1-3H3. The zero-order valence-corrected chi connectivity index (χ0v) is 12.8. The summed E-state index contributed by atoms with van der Waals surface area (Å²) in [5, 5.41) is 0. The molecule has 2 N–H and O–H groups in total. The minimum absolute atomic E-state index is 0.271. The van der Waals surface area contributed by atoms with E-state index in [1.54, 1.807) is 18.0 Å². The lowest BCUT2D eigenvalue weighted by molar-refractivity contribution is 0.457. The van der Waals surface area contributed by atoms with Crippen LogP contribution < -0.4 is 10.5 Å². The zero-order chi connectivity index (χ0) is 14.5. The molecule has 0 aliphatic heterocycles. The summed E-state index contributed by atoms with van der Waals surface area (Å²) in [5.41, 5.74) is 6.50. The molecule has 0 unspecified atom stereocenters. The second-order valence-electron chi connectivity index (χ2n) is 4.65. The molecule has 1 heterocycles. The Morgan fingerprint density at radius 2 is 2.00 bits per heavy atom. The summed E-state index contributed by atoms with van der Waals surface area (Å²) < 4.78 is 5.93. The van der Waals surface area contributed by atoms with Gasteiger partial charge in [-0.15, -0.1) is 11.8 Å². The van der Waals surface area contributed by atoms with Gasteiger partial charge in [0.15, 0.2) is 5.75 Å². The molecule has 0 saturated heterocycles. The minimum atomic E-state index is 0.271. The highest BCUT2D eigenvalue weighted by Gasteiger charge is 2.12. The van der Waals surface area contributed by atoms with Crippen molar-refractivity contribution < 1.29 is 4.74 Å². The van der Waals surface area contributed by atoms with E-state index in [0.717, 1.165) is 22.2 Å². The summed E-state index contributed by atoms with van der Waals surface area (Å²) in [7, 11) is 0. The summed E-state index contributed by atoms with van der Waals surface area (Å²) in [6, 6.07) is 7.88. The number of nitrogens with zero attached hydrogens (tertiary/aromatic N) is 2.